The highest BCUT2D eigenvalue weighted by Crippen LogP contribution is 2.09. The summed E-state index contributed by atoms with van der Waals surface area (Å²) in [5, 5.41) is 1.88. The fourth-order valence-electron chi connectivity index (χ4n) is 1.17. The van der Waals surface area contributed by atoms with Gasteiger partial charge in [0.15, 0.2) is 0 Å². The Morgan fingerprint density at radius 1 is 1.38 bits per heavy atom. The van der Waals surface area contributed by atoms with Gasteiger partial charge in [0.1, 0.15) is 5.50 Å². The second kappa shape index (κ2) is 4.08. The van der Waals surface area contributed by atoms with E-state index in [1.54, 1.807) is 0 Å². The van der Waals surface area contributed by atoms with Crippen molar-refractivity contribution in [2.75, 3.05) is 0 Å². The average molecular weight is 196 g/mol. The lowest BCUT2D eigenvalue weighted by molar-refractivity contribution is 0.171. The third-order valence-electron chi connectivity index (χ3n) is 1.76. The Morgan fingerprint density at radius 2 is 2.15 bits per heavy atom. The predicted molar refractivity (Wildman–Crippen MR) is 53.8 cm³/mol. The van der Waals surface area contributed by atoms with Gasteiger partial charge in [-0.25, -0.2) is 5.43 Å². The fraction of sp³-hybridized carbons (Fsp3) is 0.250. The Labute approximate surface area is 81.6 Å². The molecule has 1 fully saturated rings. The Bertz CT molecular complexity index is 266. The molecule has 5 heteroatoms. The average Bonchev–Trinajstić information content (AvgIpc) is 2.53. The Morgan fingerprint density at radius 3 is 2.77 bits per heavy atom. The molecule has 1 aromatic rings. The number of rotatable bonds is 2. The minimum Gasteiger partial charge on any atom is -0.305 e. The van der Waals surface area contributed by atoms with Crippen molar-refractivity contribution in [1.82, 2.24) is 15.4 Å². The van der Waals surface area contributed by atoms with E-state index in [1.807, 2.05) is 23.3 Å². The normalized spacial score (nSPS) is 23.6. The zero-order valence-corrected chi connectivity index (χ0v) is 7.92. The number of hydrazine groups is 2. The van der Waals surface area contributed by atoms with E-state index in [9.17, 15) is 0 Å². The van der Waals surface area contributed by atoms with Gasteiger partial charge in [-0.3, -0.25) is 0 Å². The topological polar surface area (TPSA) is 53.3 Å². The molecule has 0 aliphatic carbocycles. The summed E-state index contributed by atoms with van der Waals surface area (Å²) < 4.78 is 0. The molecule has 0 aromatic heterocycles. The molecule has 4 nitrogen and oxygen atoms in total. The van der Waals surface area contributed by atoms with Crippen molar-refractivity contribution >= 4 is 11.9 Å². The molecule has 1 aromatic carbocycles. The monoisotopic (exact) mass is 196 g/mol. The molecule has 0 radical (unpaired) electrons. The van der Waals surface area contributed by atoms with Gasteiger partial charge in [-0.1, -0.05) is 30.3 Å². The smallest absolute Gasteiger partial charge is 0.132 e. The second-order valence-corrected chi connectivity index (χ2v) is 3.76. The van der Waals surface area contributed by atoms with Gasteiger partial charge in [0, 0.05) is 0 Å². The maximum atomic E-state index is 5.63. The second-order valence-electron chi connectivity index (χ2n) is 2.83. The first kappa shape index (κ1) is 8.98. The molecular formula is C8H12N4S. The van der Waals surface area contributed by atoms with E-state index in [1.165, 1.54) is 17.5 Å². The third kappa shape index (κ3) is 2.43. The molecule has 4 N–H and O–H groups in total. The molecule has 13 heavy (non-hydrogen) atoms. The highest BCUT2D eigenvalue weighted by atomic mass is 32.2. The molecule has 1 unspecified atom stereocenters. The highest BCUT2D eigenvalue weighted by Gasteiger charge is 2.17. The zero-order valence-electron chi connectivity index (χ0n) is 7.10. The number of benzene rings is 1. The van der Waals surface area contributed by atoms with E-state index in [4.69, 9.17) is 5.73 Å². The van der Waals surface area contributed by atoms with Crippen LogP contribution in [0.3, 0.4) is 0 Å². The fourth-order valence-corrected chi connectivity index (χ4v) is 1.71. The highest BCUT2D eigenvalue weighted by molar-refractivity contribution is 7.98. The van der Waals surface area contributed by atoms with Crippen LogP contribution in [0, 0.1) is 0 Å². The lowest BCUT2D eigenvalue weighted by Gasteiger charge is -2.14. The van der Waals surface area contributed by atoms with Crippen LogP contribution in [0.1, 0.15) is 5.56 Å². The van der Waals surface area contributed by atoms with Crippen molar-refractivity contribution in [3.8, 4) is 0 Å². The van der Waals surface area contributed by atoms with E-state index in [2.05, 4.69) is 22.4 Å². The molecule has 1 atom stereocenters. The van der Waals surface area contributed by atoms with E-state index in [0.717, 1.165) is 6.54 Å². The molecule has 1 heterocycles. The Kier molecular flexibility index (Phi) is 2.82. The molecule has 1 aliphatic heterocycles. The molecule has 1 aliphatic rings. The predicted octanol–water partition coefficient (Wildman–Crippen LogP) is 0.402. The summed E-state index contributed by atoms with van der Waals surface area (Å²) in [6.45, 7) is 0.807. The van der Waals surface area contributed by atoms with Crippen LogP contribution in [0.2, 0.25) is 0 Å². The minimum atomic E-state index is -0.0521. The summed E-state index contributed by atoms with van der Waals surface area (Å²) in [5.74, 6) is 0. The number of nitrogens with one attached hydrogen (secondary N) is 2. The van der Waals surface area contributed by atoms with Gasteiger partial charge in [-0.2, -0.15) is 9.95 Å². The standard InChI is InChI=1S/C8H12N4S/c9-8-10-12(11-13-8)6-7-4-2-1-3-5-7/h1-5,8,10-11H,6,9H2. The van der Waals surface area contributed by atoms with Crippen LogP contribution in [0.5, 0.6) is 0 Å². The van der Waals surface area contributed by atoms with Gasteiger partial charge < -0.3 is 5.73 Å². The zero-order chi connectivity index (χ0) is 9.10. The summed E-state index contributed by atoms with van der Waals surface area (Å²) >= 11 is 1.47. The van der Waals surface area contributed by atoms with Crippen LogP contribution in [0.25, 0.3) is 0 Å². The Balaban J connectivity index is 1.92. The summed E-state index contributed by atoms with van der Waals surface area (Å²) in [6.07, 6.45) is 0. The lowest BCUT2D eigenvalue weighted by Crippen LogP contribution is -2.41. The number of nitrogens with zero attached hydrogens (tertiary/aromatic N) is 1. The van der Waals surface area contributed by atoms with E-state index in [-0.39, 0.29) is 5.50 Å². The molecular weight excluding hydrogens is 184 g/mol. The summed E-state index contributed by atoms with van der Waals surface area (Å²) in [5.41, 5.74) is 9.89. The van der Waals surface area contributed by atoms with Crippen LogP contribution >= 0.6 is 11.9 Å². The van der Waals surface area contributed by atoms with Crippen LogP contribution in [0.4, 0.5) is 0 Å². The van der Waals surface area contributed by atoms with Gasteiger partial charge in [-0.05, 0) is 17.5 Å². The molecule has 2 rings (SSSR count). The van der Waals surface area contributed by atoms with E-state index >= 15 is 0 Å². The molecule has 0 spiro atoms. The molecule has 0 bridgehead atoms. The van der Waals surface area contributed by atoms with Gasteiger partial charge in [-0.15, -0.1) is 0 Å². The first-order valence-electron chi connectivity index (χ1n) is 4.09. The van der Waals surface area contributed by atoms with Gasteiger partial charge in [0.05, 0.1) is 6.54 Å². The van der Waals surface area contributed by atoms with Crippen molar-refractivity contribution in [3.63, 3.8) is 0 Å². The molecule has 0 saturated carbocycles. The molecule has 0 amide bonds. The third-order valence-corrected chi connectivity index (χ3v) is 2.44. The molecule has 1 saturated heterocycles. The van der Waals surface area contributed by atoms with Gasteiger partial charge in [0.2, 0.25) is 0 Å². The number of nitrogens with two attached hydrogens (primary N) is 1. The van der Waals surface area contributed by atoms with Crippen LogP contribution in [-0.2, 0) is 6.54 Å². The number of hydrogen-bond donors (Lipinski definition) is 3. The van der Waals surface area contributed by atoms with Crippen LogP contribution < -0.4 is 16.0 Å². The van der Waals surface area contributed by atoms with Crippen LogP contribution in [0.15, 0.2) is 30.3 Å². The van der Waals surface area contributed by atoms with Crippen molar-refractivity contribution in [2.24, 2.45) is 5.73 Å². The van der Waals surface area contributed by atoms with Crippen molar-refractivity contribution < 1.29 is 0 Å². The lowest BCUT2D eigenvalue weighted by atomic mass is 10.2. The largest absolute Gasteiger partial charge is 0.305 e. The van der Waals surface area contributed by atoms with Crippen molar-refractivity contribution in [1.29, 1.82) is 0 Å². The van der Waals surface area contributed by atoms with E-state index in [0.29, 0.717) is 0 Å². The number of hydrogen-bond acceptors (Lipinski definition) is 5. The van der Waals surface area contributed by atoms with E-state index < -0.39 is 0 Å². The minimum absolute atomic E-state index is 0.0521. The van der Waals surface area contributed by atoms with Crippen molar-refractivity contribution in [2.45, 2.75) is 12.0 Å². The quantitative estimate of drug-likeness (QED) is 0.598. The first-order valence-corrected chi connectivity index (χ1v) is 4.97. The molecule has 70 valence electrons. The Hall–Kier alpha value is -0.590. The summed E-state index contributed by atoms with van der Waals surface area (Å²) in [4.78, 5) is 3.07. The van der Waals surface area contributed by atoms with Crippen LogP contribution in [-0.4, -0.2) is 10.6 Å². The SMILES string of the molecule is NC1NN(Cc2ccccc2)NS1. The summed E-state index contributed by atoms with van der Waals surface area (Å²) in [6, 6.07) is 10.2. The van der Waals surface area contributed by atoms with Crippen molar-refractivity contribution in [3.05, 3.63) is 35.9 Å². The first-order chi connectivity index (χ1) is 6.34. The maximum Gasteiger partial charge on any atom is 0.132 e. The van der Waals surface area contributed by atoms with Gasteiger partial charge >= 0.3 is 0 Å². The summed E-state index contributed by atoms with van der Waals surface area (Å²) in [7, 11) is 0. The van der Waals surface area contributed by atoms with Gasteiger partial charge in [0.25, 0.3) is 0 Å². The maximum absolute atomic E-state index is 5.63.